The number of unbranched alkanes of at least 4 members (excludes halogenated alkanes) is 2. The van der Waals surface area contributed by atoms with E-state index in [0.29, 0.717) is 12.5 Å². The van der Waals surface area contributed by atoms with Crippen LogP contribution in [0.4, 0.5) is 5.95 Å². The molecule has 0 aliphatic heterocycles. The van der Waals surface area contributed by atoms with E-state index in [1.54, 1.807) is 11.8 Å². The number of aromatic nitrogens is 2. The zero-order valence-corrected chi connectivity index (χ0v) is 14.9. The smallest absolute Gasteiger partial charge is 0.222 e. The third kappa shape index (κ3) is 5.75. The first-order chi connectivity index (χ1) is 11.2. The standard InChI is InChI=1S/C18H25N3OS/c1-4-5-6-9-22-17-10-14(2)7-8-15(17)11-19-18-20-12-16(23-3)13-21-18/h7-8,10,12-13H,4-6,9,11H2,1-3H3,(H,19,20,21). The Hall–Kier alpha value is -1.75. The van der Waals surface area contributed by atoms with Crippen LogP contribution in [0.5, 0.6) is 5.75 Å². The molecule has 0 saturated heterocycles. The van der Waals surface area contributed by atoms with E-state index in [1.165, 1.54) is 18.4 Å². The quantitative estimate of drug-likeness (QED) is 0.533. The number of benzene rings is 1. The van der Waals surface area contributed by atoms with Gasteiger partial charge in [0.05, 0.1) is 6.61 Å². The van der Waals surface area contributed by atoms with Crippen molar-refractivity contribution in [3.05, 3.63) is 41.7 Å². The Morgan fingerprint density at radius 3 is 2.65 bits per heavy atom. The fraction of sp³-hybridized carbons (Fsp3) is 0.444. The van der Waals surface area contributed by atoms with E-state index >= 15 is 0 Å². The summed E-state index contributed by atoms with van der Waals surface area (Å²) >= 11 is 1.64. The SMILES string of the molecule is CCCCCOc1cc(C)ccc1CNc1ncc(SC)cn1. The molecule has 2 aromatic rings. The molecule has 4 nitrogen and oxygen atoms in total. The van der Waals surface area contributed by atoms with Gasteiger partial charge in [-0.3, -0.25) is 0 Å². The molecule has 0 unspecified atom stereocenters. The highest BCUT2D eigenvalue weighted by molar-refractivity contribution is 7.98. The van der Waals surface area contributed by atoms with Crippen LogP contribution in [0.3, 0.4) is 0 Å². The van der Waals surface area contributed by atoms with Gasteiger partial charge in [0.25, 0.3) is 0 Å². The van der Waals surface area contributed by atoms with E-state index in [0.717, 1.165) is 29.2 Å². The molecule has 1 N–H and O–H groups in total. The van der Waals surface area contributed by atoms with E-state index in [4.69, 9.17) is 4.74 Å². The predicted molar refractivity (Wildman–Crippen MR) is 97.3 cm³/mol. The summed E-state index contributed by atoms with van der Waals surface area (Å²) in [5.74, 6) is 1.59. The van der Waals surface area contributed by atoms with Crippen molar-refractivity contribution in [3.8, 4) is 5.75 Å². The van der Waals surface area contributed by atoms with E-state index in [1.807, 2.05) is 18.6 Å². The third-order valence-electron chi connectivity index (χ3n) is 3.53. The van der Waals surface area contributed by atoms with E-state index in [-0.39, 0.29) is 0 Å². The fourth-order valence-electron chi connectivity index (χ4n) is 2.16. The molecule has 1 aromatic carbocycles. The number of thioether (sulfide) groups is 1. The number of hydrogen-bond acceptors (Lipinski definition) is 5. The number of rotatable bonds is 9. The van der Waals surface area contributed by atoms with E-state index < -0.39 is 0 Å². The lowest BCUT2D eigenvalue weighted by Gasteiger charge is -2.13. The average Bonchev–Trinajstić information content (AvgIpc) is 2.58. The first-order valence-corrected chi connectivity index (χ1v) is 9.27. The first kappa shape index (κ1) is 17.6. The predicted octanol–water partition coefficient (Wildman–Crippen LogP) is 4.69. The fourth-order valence-corrected chi connectivity index (χ4v) is 2.48. The molecule has 124 valence electrons. The minimum Gasteiger partial charge on any atom is -0.493 e. The van der Waals surface area contributed by atoms with Gasteiger partial charge >= 0.3 is 0 Å². The molecule has 23 heavy (non-hydrogen) atoms. The van der Waals surface area contributed by atoms with Crippen LogP contribution in [0.15, 0.2) is 35.5 Å². The summed E-state index contributed by atoms with van der Waals surface area (Å²) in [6, 6.07) is 6.31. The Labute approximate surface area is 143 Å². The van der Waals surface area contributed by atoms with Gasteiger partial charge in [0.15, 0.2) is 0 Å². The number of anilines is 1. The Kier molecular flexibility index (Phi) is 7.20. The lowest BCUT2D eigenvalue weighted by atomic mass is 10.1. The summed E-state index contributed by atoms with van der Waals surface area (Å²) in [7, 11) is 0. The van der Waals surface area contributed by atoms with Crippen molar-refractivity contribution in [3.63, 3.8) is 0 Å². The minimum absolute atomic E-state index is 0.639. The Balaban J connectivity index is 1.97. The lowest BCUT2D eigenvalue weighted by Crippen LogP contribution is -2.06. The molecule has 0 spiro atoms. The van der Waals surface area contributed by atoms with Crippen LogP contribution in [0.1, 0.15) is 37.3 Å². The summed E-state index contributed by atoms with van der Waals surface area (Å²) in [6.45, 7) is 5.70. The Morgan fingerprint density at radius 1 is 1.17 bits per heavy atom. The largest absolute Gasteiger partial charge is 0.493 e. The van der Waals surface area contributed by atoms with Crippen molar-refractivity contribution >= 4 is 17.7 Å². The molecular weight excluding hydrogens is 306 g/mol. The number of nitrogens with one attached hydrogen (secondary N) is 1. The number of aryl methyl sites for hydroxylation is 1. The molecule has 0 atom stereocenters. The van der Waals surface area contributed by atoms with Crippen molar-refractivity contribution in [1.82, 2.24) is 9.97 Å². The van der Waals surface area contributed by atoms with Crippen LogP contribution < -0.4 is 10.1 Å². The molecule has 1 aromatic heterocycles. The second-order valence-electron chi connectivity index (χ2n) is 5.47. The second kappa shape index (κ2) is 9.40. The van der Waals surface area contributed by atoms with Gasteiger partial charge in [-0.1, -0.05) is 31.9 Å². The van der Waals surface area contributed by atoms with Gasteiger partial charge in [0.2, 0.25) is 5.95 Å². The zero-order valence-electron chi connectivity index (χ0n) is 14.1. The highest BCUT2D eigenvalue weighted by Gasteiger charge is 2.05. The molecule has 5 heteroatoms. The topological polar surface area (TPSA) is 47.0 Å². The van der Waals surface area contributed by atoms with Gasteiger partial charge in [0.1, 0.15) is 5.75 Å². The average molecular weight is 331 g/mol. The van der Waals surface area contributed by atoms with E-state index in [2.05, 4.69) is 47.3 Å². The maximum absolute atomic E-state index is 5.96. The molecule has 0 saturated carbocycles. The van der Waals surface area contributed by atoms with Crippen molar-refractivity contribution in [2.45, 2.75) is 44.6 Å². The van der Waals surface area contributed by atoms with Gasteiger partial charge in [0, 0.05) is 29.4 Å². The Morgan fingerprint density at radius 2 is 1.96 bits per heavy atom. The van der Waals surface area contributed by atoms with Crippen LogP contribution in [0.25, 0.3) is 0 Å². The molecule has 1 heterocycles. The zero-order chi connectivity index (χ0) is 16.5. The highest BCUT2D eigenvalue weighted by Crippen LogP contribution is 2.22. The monoisotopic (exact) mass is 331 g/mol. The van der Waals surface area contributed by atoms with E-state index in [9.17, 15) is 0 Å². The molecule has 0 aliphatic rings. The molecule has 0 bridgehead atoms. The summed E-state index contributed by atoms with van der Waals surface area (Å²) in [6.07, 6.45) is 9.18. The lowest BCUT2D eigenvalue weighted by molar-refractivity contribution is 0.303. The molecular formula is C18H25N3OS. The van der Waals surface area contributed by atoms with Crippen molar-refractivity contribution in [2.75, 3.05) is 18.2 Å². The van der Waals surface area contributed by atoms with Crippen LogP contribution in [-0.2, 0) is 6.54 Å². The maximum Gasteiger partial charge on any atom is 0.222 e. The van der Waals surface area contributed by atoms with Gasteiger partial charge in [-0.25, -0.2) is 9.97 Å². The highest BCUT2D eigenvalue weighted by atomic mass is 32.2. The minimum atomic E-state index is 0.639. The molecule has 0 radical (unpaired) electrons. The normalized spacial score (nSPS) is 10.6. The van der Waals surface area contributed by atoms with Gasteiger partial charge < -0.3 is 10.1 Å². The maximum atomic E-state index is 5.96. The van der Waals surface area contributed by atoms with Gasteiger partial charge in [-0.2, -0.15) is 0 Å². The summed E-state index contributed by atoms with van der Waals surface area (Å²) in [5, 5.41) is 3.26. The Bertz CT molecular complexity index is 602. The molecule has 0 fully saturated rings. The van der Waals surface area contributed by atoms with Crippen LogP contribution in [-0.4, -0.2) is 22.8 Å². The van der Waals surface area contributed by atoms with Gasteiger partial charge in [-0.15, -0.1) is 11.8 Å². The van der Waals surface area contributed by atoms with Crippen LogP contribution in [0.2, 0.25) is 0 Å². The van der Waals surface area contributed by atoms with Crippen LogP contribution in [0, 0.1) is 6.92 Å². The molecule has 0 aliphatic carbocycles. The molecule has 0 amide bonds. The third-order valence-corrected chi connectivity index (χ3v) is 4.21. The van der Waals surface area contributed by atoms with Crippen LogP contribution >= 0.6 is 11.8 Å². The summed E-state index contributed by atoms with van der Waals surface area (Å²) in [5.41, 5.74) is 2.34. The molecule has 2 rings (SSSR count). The summed E-state index contributed by atoms with van der Waals surface area (Å²) in [4.78, 5) is 9.69. The number of hydrogen-bond donors (Lipinski definition) is 1. The van der Waals surface area contributed by atoms with Crippen molar-refractivity contribution in [2.24, 2.45) is 0 Å². The number of nitrogens with zero attached hydrogens (tertiary/aromatic N) is 2. The second-order valence-corrected chi connectivity index (χ2v) is 6.35. The van der Waals surface area contributed by atoms with Gasteiger partial charge in [-0.05, 0) is 31.2 Å². The number of ether oxygens (including phenoxy) is 1. The van der Waals surface area contributed by atoms with Crippen molar-refractivity contribution in [1.29, 1.82) is 0 Å². The van der Waals surface area contributed by atoms with Crippen molar-refractivity contribution < 1.29 is 4.74 Å². The summed E-state index contributed by atoms with van der Waals surface area (Å²) < 4.78 is 5.96. The first-order valence-electron chi connectivity index (χ1n) is 8.05.